The van der Waals surface area contributed by atoms with Crippen LogP contribution in [0.15, 0.2) is 17.0 Å². The molecule has 0 amide bonds. The molecule has 0 bridgehead atoms. The quantitative estimate of drug-likeness (QED) is 0.682. The Bertz CT molecular complexity index is 555. The molecule has 5 nitrogen and oxygen atoms in total. The lowest BCUT2D eigenvalue weighted by atomic mass is 10.1. The maximum Gasteiger partial charge on any atom is 0.240 e. The fraction of sp³-hybridized carbons (Fsp3) is 0.600. The Morgan fingerprint density at radius 1 is 1.19 bits per heavy atom. The molecular weight excluding hydrogens is 290 g/mol. The van der Waals surface area contributed by atoms with Crippen molar-refractivity contribution in [3.8, 4) is 0 Å². The summed E-state index contributed by atoms with van der Waals surface area (Å²) in [5.74, 6) is 0. The predicted molar refractivity (Wildman–Crippen MR) is 82.8 cm³/mol. The van der Waals surface area contributed by atoms with E-state index in [1.165, 1.54) is 6.07 Å². The number of rotatable bonds is 9. The van der Waals surface area contributed by atoms with Gasteiger partial charge in [-0.05, 0) is 43.0 Å². The first-order chi connectivity index (χ1) is 9.92. The summed E-state index contributed by atoms with van der Waals surface area (Å²) >= 11 is 0. The van der Waals surface area contributed by atoms with Crippen molar-refractivity contribution >= 4 is 10.0 Å². The van der Waals surface area contributed by atoms with Crippen molar-refractivity contribution in [3.63, 3.8) is 0 Å². The van der Waals surface area contributed by atoms with Crippen molar-refractivity contribution in [2.24, 2.45) is 0 Å². The molecule has 0 fully saturated rings. The molecule has 6 heteroatoms. The van der Waals surface area contributed by atoms with Gasteiger partial charge < -0.3 is 9.84 Å². The van der Waals surface area contributed by atoms with Gasteiger partial charge in [0.15, 0.2) is 0 Å². The summed E-state index contributed by atoms with van der Waals surface area (Å²) in [7, 11) is -3.57. The zero-order valence-corrected chi connectivity index (χ0v) is 13.8. The van der Waals surface area contributed by atoms with E-state index in [9.17, 15) is 13.5 Å². The Balaban J connectivity index is 2.70. The smallest absolute Gasteiger partial charge is 0.240 e. The van der Waals surface area contributed by atoms with Gasteiger partial charge in [-0.1, -0.05) is 19.4 Å². The number of aliphatic hydroxyl groups excluding tert-OH is 1. The van der Waals surface area contributed by atoms with E-state index in [2.05, 4.69) is 11.6 Å². The van der Waals surface area contributed by atoms with Gasteiger partial charge in [0, 0.05) is 13.2 Å². The third kappa shape index (κ3) is 5.39. The van der Waals surface area contributed by atoms with Crippen LogP contribution >= 0.6 is 0 Å². The number of benzene rings is 1. The highest BCUT2D eigenvalue weighted by Gasteiger charge is 2.17. The van der Waals surface area contributed by atoms with Crippen LogP contribution in [0, 0.1) is 13.8 Å². The van der Waals surface area contributed by atoms with E-state index in [-0.39, 0.29) is 18.0 Å². The van der Waals surface area contributed by atoms with Crippen LogP contribution in [0.4, 0.5) is 0 Å². The van der Waals surface area contributed by atoms with Gasteiger partial charge in [0.05, 0.1) is 18.1 Å². The summed E-state index contributed by atoms with van der Waals surface area (Å²) in [4.78, 5) is 0.214. The predicted octanol–water partition coefficient (Wildman–Crippen LogP) is 1.89. The van der Waals surface area contributed by atoms with Gasteiger partial charge in [-0.2, -0.15) is 0 Å². The van der Waals surface area contributed by atoms with Crippen molar-refractivity contribution in [3.05, 3.63) is 28.8 Å². The highest BCUT2D eigenvalue weighted by Crippen LogP contribution is 2.20. The standard InChI is InChI=1S/C15H25NO4S/c1-4-5-7-20-8-6-16-21(18,19)15-10-14(11-17)12(2)9-13(15)3/h9-10,16-17H,4-8,11H2,1-3H3. The lowest BCUT2D eigenvalue weighted by molar-refractivity contribution is 0.136. The van der Waals surface area contributed by atoms with Gasteiger partial charge in [0.1, 0.15) is 0 Å². The molecule has 0 saturated carbocycles. The average molecular weight is 315 g/mol. The Morgan fingerprint density at radius 2 is 1.90 bits per heavy atom. The third-order valence-electron chi connectivity index (χ3n) is 3.27. The lowest BCUT2D eigenvalue weighted by Gasteiger charge is -2.12. The number of hydrogen-bond acceptors (Lipinski definition) is 4. The number of aliphatic hydroxyl groups is 1. The van der Waals surface area contributed by atoms with Crippen molar-refractivity contribution < 1.29 is 18.3 Å². The van der Waals surface area contributed by atoms with Gasteiger partial charge in [-0.25, -0.2) is 13.1 Å². The summed E-state index contributed by atoms with van der Waals surface area (Å²) in [5, 5.41) is 9.26. The highest BCUT2D eigenvalue weighted by molar-refractivity contribution is 7.89. The molecule has 120 valence electrons. The maximum atomic E-state index is 12.3. The van der Waals surface area contributed by atoms with Crippen molar-refractivity contribution in [1.82, 2.24) is 4.72 Å². The molecule has 21 heavy (non-hydrogen) atoms. The van der Waals surface area contributed by atoms with Crippen LogP contribution in [0.25, 0.3) is 0 Å². The Morgan fingerprint density at radius 3 is 2.52 bits per heavy atom. The second-order valence-corrected chi connectivity index (χ2v) is 6.80. The topological polar surface area (TPSA) is 75.6 Å². The molecular formula is C15H25NO4S. The normalized spacial score (nSPS) is 11.8. The van der Waals surface area contributed by atoms with Crippen LogP contribution < -0.4 is 4.72 Å². The fourth-order valence-electron chi connectivity index (χ4n) is 2.01. The van der Waals surface area contributed by atoms with E-state index in [1.807, 2.05) is 6.92 Å². The molecule has 1 aromatic rings. The molecule has 0 heterocycles. The summed E-state index contributed by atoms with van der Waals surface area (Å²) in [6, 6.07) is 3.31. The molecule has 0 aliphatic carbocycles. The minimum absolute atomic E-state index is 0.172. The largest absolute Gasteiger partial charge is 0.392 e. The van der Waals surface area contributed by atoms with E-state index in [0.717, 1.165) is 18.4 Å². The summed E-state index contributed by atoms with van der Waals surface area (Å²) in [5.41, 5.74) is 2.18. The van der Waals surface area contributed by atoms with E-state index in [0.29, 0.717) is 24.3 Å². The van der Waals surface area contributed by atoms with Crippen molar-refractivity contribution in [2.75, 3.05) is 19.8 Å². The summed E-state index contributed by atoms with van der Waals surface area (Å²) in [6.07, 6.45) is 2.03. The molecule has 1 aromatic carbocycles. The van der Waals surface area contributed by atoms with Crippen LogP contribution in [0.5, 0.6) is 0 Å². The van der Waals surface area contributed by atoms with Crippen molar-refractivity contribution in [1.29, 1.82) is 0 Å². The van der Waals surface area contributed by atoms with Gasteiger partial charge >= 0.3 is 0 Å². The summed E-state index contributed by atoms with van der Waals surface area (Å²) < 4.78 is 32.4. The van der Waals surface area contributed by atoms with E-state index in [1.54, 1.807) is 13.0 Å². The SMILES string of the molecule is CCCCOCCNS(=O)(=O)c1cc(CO)c(C)cc1C. The molecule has 0 aromatic heterocycles. The van der Waals surface area contributed by atoms with Crippen LogP contribution in [0.2, 0.25) is 0 Å². The first-order valence-electron chi connectivity index (χ1n) is 7.20. The molecule has 0 unspecified atom stereocenters. The molecule has 0 atom stereocenters. The number of sulfonamides is 1. The molecule has 0 radical (unpaired) electrons. The summed E-state index contributed by atoms with van der Waals surface area (Å²) in [6.45, 7) is 6.76. The molecule has 1 rings (SSSR count). The second kappa shape index (κ2) is 8.48. The van der Waals surface area contributed by atoms with Crippen molar-refractivity contribution in [2.45, 2.75) is 45.1 Å². The Hall–Kier alpha value is -0.950. The second-order valence-electron chi connectivity index (χ2n) is 5.07. The monoisotopic (exact) mass is 315 g/mol. The Labute approximate surface area is 127 Å². The molecule has 0 saturated heterocycles. The number of aryl methyl sites for hydroxylation is 2. The third-order valence-corrected chi connectivity index (χ3v) is 4.88. The van der Waals surface area contributed by atoms with Gasteiger partial charge in [-0.3, -0.25) is 0 Å². The van der Waals surface area contributed by atoms with E-state index >= 15 is 0 Å². The van der Waals surface area contributed by atoms with Gasteiger partial charge in [0.2, 0.25) is 10.0 Å². The number of hydrogen-bond donors (Lipinski definition) is 2. The van der Waals surface area contributed by atoms with Gasteiger partial charge in [0.25, 0.3) is 0 Å². The first kappa shape index (κ1) is 18.1. The maximum absolute atomic E-state index is 12.3. The zero-order valence-electron chi connectivity index (χ0n) is 13.0. The van der Waals surface area contributed by atoms with Crippen LogP contribution in [-0.2, 0) is 21.4 Å². The molecule has 2 N–H and O–H groups in total. The van der Waals surface area contributed by atoms with Crippen LogP contribution in [0.1, 0.15) is 36.5 Å². The van der Waals surface area contributed by atoms with E-state index < -0.39 is 10.0 Å². The van der Waals surface area contributed by atoms with Crippen LogP contribution in [0.3, 0.4) is 0 Å². The molecule has 0 aliphatic heterocycles. The minimum Gasteiger partial charge on any atom is -0.392 e. The average Bonchev–Trinajstić information content (AvgIpc) is 2.42. The Kier molecular flexibility index (Phi) is 7.31. The number of nitrogens with one attached hydrogen (secondary N) is 1. The van der Waals surface area contributed by atoms with Crippen LogP contribution in [-0.4, -0.2) is 33.3 Å². The minimum atomic E-state index is -3.57. The molecule has 0 spiro atoms. The first-order valence-corrected chi connectivity index (χ1v) is 8.69. The van der Waals surface area contributed by atoms with E-state index in [4.69, 9.17) is 4.74 Å². The highest BCUT2D eigenvalue weighted by atomic mass is 32.2. The molecule has 0 aliphatic rings. The fourth-order valence-corrected chi connectivity index (χ4v) is 3.30. The lowest BCUT2D eigenvalue weighted by Crippen LogP contribution is -2.28. The zero-order chi connectivity index (χ0) is 15.9. The van der Waals surface area contributed by atoms with Gasteiger partial charge in [-0.15, -0.1) is 0 Å². The number of ether oxygens (including phenoxy) is 1. The number of unbranched alkanes of at least 4 members (excludes halogenated alkanes) is 1.